The lowest BCUT2D eigenvalue weighted by Crippen LogP contribution is -2.48. The number of hydrogen-bond donors (Lipinski definition) is 0. The molecular weight excluding hydrogens is 270 g/mol. The first kappa shape index (κ1) is 15.6. The van der Waals surface area contributed by atoms with Gasteiger partial charge in [0.25, 0.3) is 5.91 Å². The molecule has 2 atom stereocenters. The number of methoxy groups -OCH3 is 1. The molecule has 0 bridgehead atoms. The van der Waals surface area contributed by atoms with Gasteiger partial charge < -0.3 is 19.1 Å². The Morgan fingerprint density at radius 1 is 1.29 bits per heavy atom. The fourth-order valence-corrected chi connectivity index (χ4v) is 2.60. The van der Waals surface area contributed by atoms with Gasteiger partial charge in [-0.15, -0.1) is 0 Å². The highest BCUT2D eigenvalue weighted by molar-refractivity contribution is 5.95. The van der Waals surface area contributed by atoms with Crippen molar-refractivity contribution in [3.8, 4) is 11.5 Å². The third kappa shape index (κ3) is 3.67. The van der Waals surface area contributed by atoms with Crippen LogP contribution >= 0.6 is 0 Å². The summed E-state index contributed by atoms with van der Waals surface area (Å²) in [5.41, 5.74) is 0.608. The average molecular weight is 293 g/mol. The van der Waals surface area contributed by atoms with Crippen molar-refractivity contribution >= 4 is 5.91 Å². The van der Waals surface area contributed by atoms with Crippen molar-refractivity contribution in [3.05, 3.63) is 23.8 Å². The van der Waals surface area contributed by atoms with Crippen LogP contribution in [0, 0.1) is 0 Å². The molecule has 116 valence electrons. The molecule has 1 aromatic rings. The van der Waals surface area contributed by atoms with Crippen molar-refractivity contribution in [3.63, 3.8) is 0 Å². The number of hydrogen-bond acceptors (Lipinski definition) is 4. The standard InChI is InChI=1S/C16H23NO4/c1-5-20-14-7-6-13(8-15(14)19-4)16(18)17-9-11(2)21-12(3)10-17/h6-8,11-12H,5,9-10H2,1-4H3. The molecule has 1 amide bonds. The van der Waals surface area contributed by atoms with Gasteiger partial charge in [-0.2, -0.15) is 0 Å². The summed E-state index contributed by atoms with van der Waals surface area (Å²) >= 11 is 0. The first-order valence-corrected chi connectivity index (χ1v) is 7.30. The van der Waals surface area contributed by atoms with E-state index < -0.39 is 0 Å². The highest BCUT2D eigenvalue weighted by Crippen LogP contribution is 2.29. The fourth-order valence-electron chi connectivity index (χ4n) is 2.60. The summed E-state index contributed by atoms with van der Waals surface area (Å²) in [5.74, 6) is 1.23. The zero-order valence-corrected chi connectivity index (χ0v) is 13.1. The second-order valence-corrected chi connectivity index (χ2v) is 5.27. The van der Waals surface area contributed by atoms with Gasteiger partial charge in [-0.1, -0.05) is 0 Å². The number of rotatable bonds is 4. The molecule has 21 heavy (non-hydrogen) atoms. The Morgan fingerprint density at radius 3 is 2.52 bits per heavy atom. The smallest absolute Gasteiger partial charge is 0.254 e. The Labute approximate surface area is 125 Å². The van der Waals surface area contributed by atoms with Crippen LogP contribution in [0.25, 0.3) is 0 Å². The van der Waals surface area contributed by atoms with Crippen LogP contribution in [-0.4, -0.2) is 49.8 Å². The summed E-state index contributed by atoms with van der Waals surface area (Å²) in [6, 6.07) is 5.29. The molecule has 1 saturated heterocycles. The Bertz CT molecular complexity index is 493. The Kier molecular flexibility index (Phi) is 5.07. The van der Waals surface area contributed by atoms with Crippen LogP contribution in [0.3, 0.4) is 0 Å². The Balaban J connectivity index is 2.19. The van der Waals surface area contributed by atoms with Crippen LogP contribution in [0.5, 0.6) is 11.5 Å². The maximum Gasteiger partial charge on any atom is 0.254 e. The number of morpholine rings is 1. The zero-order valence-electron chi connectivity index (χ0n) is 13.1. The van der Waals surface area contributed by atoms with Crippen LogP contribution in [0.4, 0.5) is 0 Å². The topological polar surface area (TPSA) is 48.0 Å². The van der Waals surface area contributed by atoms with Crippen molar-refractivity contribution in [1.29, 1.82) is 0 Å². The minimum Gasteiger partial charge on any atom is -0.493 e. The second kappa shape index (κ2) is 6.80. The monoisotopic (exact) mass is 293 g/mol. The van der Waals surface area contributed by atoms with E-state index in [4.69, 9.17) is 14.2 Å². The minimum atomic E-state index is -0.00153. The predicted octanol–water partition coefficient (Wildman–Crippen LogP) is 2.34. The first-order chi connectivity index (χ1) is 10.0. The van der Waals surface area contributed by atoms with E-state index in [0.717, 1.165) is 0 Å². The SMILES string of the molecule is CCOc1ccc(C(=O)N2CC(C)OC(C)C2)cc1OC. The van der Waals surface area contributed by atoms with Crippen LogP contribution in [0.15, 0.2) is 18.2 Å². The minimum absolute atomic E-state index is 0.00153. The maximum absolute atomic E-state index is 12.6. The Hall–Kier alpha value is -1.75. The largest absolute Gasteiger partial charge is 0.493 e. The predicted molar refractivity (Wildman–Crippen MR) is 80.1 cm³/mol. The van der Waals surface area contributed by atoms with E-state index in [9.17, 15) is 4.79 Å². The molecule has 1 heterocycles. The van der Waals surface area contributed by atoms with Crippen LogP contribution in [0.2, 0.25) is 0 Å². The van der Waals surface area contributed by atoms with Crippen molar-refractivity contribution in [2.45, 2.75) is 33.0 Å². The maximum atomic E-state index is 12.6. The van der Waals surface area contributed by atoms with Gasteiger partial charge in [0.1, 0.15) is 0 Å². The summed E-state index contributed by atoms with van der Waals surface area (Å²) in [7, 11) is 1.57. The summed E-state index contributed by atoms with van der Waals surface area (Å²) in [6.45, 7) is 7.65. The molecule has 5 heteroatoms. The van der Waals surface area contributed by atoms with Gasteiger partial charge >= 0.3 is 0 Å². The van der Waals surface area contributed by atoms with Gasteiger partial charge in [0.15, 0.2) is 11.5 Å². The summed E-state index contributed by atoms with van der Waals surface area (Å²) in [5, 5.41) is 0. The van der Waals surface area contributed by atoms with Gasteiger partial charge in [-0.3, -0.25) is 4.79 Å². The van der Waals surface area contributed by atoms with E-state index in [1.54, 1.807) is 25.3 Å². The molecule has 0 N–H and O–H groups in total. The molecule has 0 saturated carbocycles. The summed E-state index contributed by atoms with van der Waals surface area (Å²) in [6.07, 6.45) is 0.115. The van der Waals surface area contributed by atoms with Crippen LogP contribution < -0.4 is 9.47 Å². The van der Waals surface area contributed by atoms with Gasteiger partial charge in [0.05, 0.1) is 25.9 Å². The Morgan fingerprint density at radius 2 is 1.95 bits per heavy atom. The van der Waals surface area contributed by atoms with E-state index in [2.05, 4.69) is 0 Å². The van der Waals surface area contributed by atoms with Crippen molar-refractivity contribution < 1.29 is 19.0 Å². The van der Waals surface area contributed by atoms with Gasteiger partial charge in [0, 0.05) is 18.7 Å². The number of carbonyl (C=O) groups is 1. The van der Waals surface area contributed by atoms with Crippen molar-refractivity contribution in [2.75, 3.05) is 26.8 Å². The number of benzene rings is 1. The van der Waals surface area contributed by atoms with E-state index in [1.165, 1.54) is 0 Å². The second-order valence-electron chi connectivity index (χ2n) is 5.27. The third-order valence-electron chi connectivity index (χ3n) is 3.42. The molecule has 1 aliphatic rings. The van der Waals surface area contributed by atoms with Crippen molar-refractivity contribution in [2.24, 2.45) is 0 Å². The highest BCUT2D eigenvalue weighted by atomic mass is 16.5. The molecule has 1 fully saturated rings. The van der Waals surface area contributed by atoms with E-state index in [1.807, 2.05) is 25.7 Å². The van der Waals surface area contributed by atoms with Gasteiger partial charge in [-0.25, -0.2) is 0 Å². The van der Waals surface area contributed by atoms with Gasteiger partial charge in [-0.05, 0) is 39.0 Å². The third-order valence-corrected chi connectivity index (χ3v) is 3.42. The quantitative estimate of drug-likeness (QED) is 0.855. The number of carbonyl (C=O) groups excluding carboxylic acids is 1. The van der Waals surface area contributed by atoms with Crippen molar-refractivity contribution in [1.82, 2.24) is 4.90 Å². The van der Waals surface area contributed by atoms with Gasteiger partial charge in [0.2, 0.25) is 0 Å². The number of ether oxygens (including phenoxy) is 3. The average Bonchev–Trinajstić information content (AvgIpc) is 2.46. The summed E-state index contributed by atoms with van der Waals surface area (Å²) in [4.78, 5) is 14.4. The normalized spacial score (nSPS) is 22.0. The molecule has 5 nitrogen and oxygen atoms in total. The van der Waals surface area contributed by atoms with E-state index >= 15 is 0 Å². The fraction of sp³-hybridized carbons (Fsp3) is 0.562. The lowest BCUT2D eigenvalue weighted by Gasteiger charge is -2.35. The van der Waals surface area contributed by atoms with E-state index in [0.29, 0.717) is 36.8 Å². The van der Waals surface area contributed by atoms with E-state index in [-0.39, 0.29) is 18.1 Å². The lowest BCUT2D eigenvalue weighted by atomic mass is 10.1. The molecular formula is C16H23NO4. The molecule has 0 aliphatic carbocycles. The van der Waals surface area contributed by atoms with Crippen LogP contribution in [0.1, 0.15) is 31.1 Å². The number of amides is 1. The molecule has 2 unspecified atom stereocenters. The molecule has 0 aromatic heterocycles. The lowest BCUT2D eigenvalue weighted by molar-refractivity contribution is -0.0586. The zero-order chi connectivity index (χ0) is 15.4. The molecule has 0 radical (unpaired) electrons. The molecule has 0 spiro atoms. The molecule has 1 aliphatic heterocycles. The number of nitrogens with zero attached hydrogens (tertiary/aromatic N) is 1. The van der Waals surface area contributed by atoms with Crippen LogP contribution in [-0.2, 0) is 4.74 Å². The molecule has 1 aromatic carbocycles. The summed E-state index contributed by atoms with van der Waals surface area (Å²) < 4.78 is 16.4. The highest BCUT2D eigenvalue weighted by Gasteiger charge is 2.27. The molecule has 2 rings (SSSR count). The first-order valence-electron chi connectivity index (χ1n) is 7.30.